The minimum atomic E-state index is -0.383. The molecule has 0 atom stereocenters. The molecule has 2 aromatic carbocycles. The summed E-state index contributed by atoms with van der Waals surface area (Å²) in [4.78, 5) is 11.5. The Hall–Kier alpha value is -3.35. The summed E-state index contributed by atoms with van der Waals surface area (Å²) in [6.07, 6.45) is 0. The summed E-state index contributed by atoms with van der Waals surface area (Å²) >= 11 is 0. The molecule has 0 unspecified atom stereocenters. The van der Waals surface area contributed by atoms with Crippen LogP contribution in [0.1, 0.15) is 5.89 Å². The maximum absolute atomic E-state index is 11.5. The van der Waals surface area contributed by atoms with Gasteiger partial charge in [-0.2, -0.15) is 0 Å². The molecule has 0 bridgehead atoms. The quantitative estimate of drug-likeness (QED) is 0.622. The fourth-order valence-electron chi connectivity index (χ4n) is 2.44. The third-order valence-electron chi connectivity index (χ3n) is 3.72. The Labute approximate surface area is 136 Å². The number of hydrogen-bond acceptors (Lipinski definition) is 6. The standard InChI is InChI=1S/C17H14N4O3/c1-21-13-9-12(7-8-14(13)23-17(21)22)18-10-15-19-20-16(24-15)11-5-3-2-4-6-11/h2-9,18H,10H2,1H3. The van der Waals surface area contributed by atoms with Gasteiger partial charge in [0, 0.05) is 18.3 Å². The number of anilines is 1. The molecule has 0 spiro atoms. The summed E-state index contributed by atoms with van der Waals surface area (Å²) in [7, 11) is 1.67. The van der Waals surface area contributed by atoms with Crippen molar-refractivity contribution >= 4 is 16.8 Å². The molecule has 2 heterocycles. The molecule has 7 heteroatoms. The van der Waals surface area contributed by atoms with E-state index in [0.717, 1.165) is 16.8 Å². The third kappa shape index (κ3) is 2.56. The Morgan fingerprint density at radius 1 is 1.08 bits per heavy atom. The normalized spacial score (nSPS) is 11.0. The molecule has 0 aliphatic heterocycles. The Morgan fingerprint density at radius 2 is 1.92 bits per heavy atom. The molecular formula is C17H14N4O3. The summed E-state index contributed by atoms with van der Waals surface area (Å²) in [5, 5.41) is 11.3. The van der Waals surface area contributed by atoms with Crippen molar-refractivity contribution in [2.75, 3.05) is 5.32 Å². The Balaban J connectivity index is 1.52. The molecule has 0 aliphatic rings. The molecule has 0 saturated carbocycles. The van der Waals surface area contributed by atoms with Crippen LogP contribution in [0, 0.1) is 0 Å². The van der Waals surface area contributed by atoms with Gasteiger partial charge in [-0.25, -0.2) is 4.79 Å². The molecule has 120 valence electrons. The van der Waals surface area contributed by atoms with Gasteiger partial charge in [0.15, 0.2) is 5.58 Å². The van der Waals surface area contributed by atoms with Gasteiger partial charge in [0.25, 0.3) is 0 Å². The van der Waals surface area contributed by atoms with E-state index < -0.39 is 0 Å². The average molecular weight is 322 g/mol. The number of rotatable bonds is 4. The lowest BCUT2D eigenvalue weighted by atomic mass is 10.2. The van der Waals surface area contributed by atoms with E-state index in [9.17, 15) is 4.79 Å². The van der Waals surface area contributed by atoms with Gasteiger partial charge in [0.2, 0.25) is 11.8 Å². The van der Waals surface area contributed by atoms with Gasteiger partial charge in [-0.15, -0.1) is 10.2 Å². The molecule has 2 aromatic heterocycles. The van der Waals surface area contributed by atoms with Crippen molar-refractivity contribution in [2.24, 2.45) is 7.05 Å². The lowest BCUT2D eigenvalue weighted by molar-refractivity contribution is 0.515. The van der Waals surface area contributed by atoms with Crippen molar-refractivity contribution in [1.82, 2.24) is 14.8 Å². The van der Waals surface area contributed by atoms with Crippen molar-refractivity contribution in [3.05, 3.63) is 65.0 Å². The van der Waals surface area contributed by atoms with Crippen molar-refractivity contribution in [1.29, 1.82) is 0 Å². The minimum Gasteiger partial charge on any atom is -0.419 e. The number of aryl methyl sites for hydroxylation is 1. The van der Waals surface area contributed by atoms with Crippen LogP contribution in [0.25, 0.3) is 22.6 Å². The Kier molecular flexibility index (Phi) is 3.38. The van der Waals surface area contributed by atoms with Gasteiger partial charge in [-0.05, 0) is 30.3 Å². The predicted molar refractivity (Wildman–Crippen MR) is 88.5 cm³/mol. The molecule has 0 radical (unpaired) electrons. The topological polar surface area (TPSA) is 86.1 Å². The summed E-state index contributed by atoms with van der Waals surface area (Å²) in [5.41, 5.74) is 2.99. The van der Waals surface area contributed by atoms with Crippen molar-refractivity contribution in [3.63, 3.8) is 0 Å². The number of fused-ring (bicyclic) bond motifs is 1. The SMILES string of the molecule is Cn1c(=O)oc2ccc(NCc3nnc(-c4ccccc4)o3)cc21. The molecule has 0 aliphatic carbocycles. The number of oxazole rings is 1. The van der Waals surface area contributed by atoms with Gasteiger partial charge in [-0.3, -0.25) is 4.57 Å². The van der Waals surface area contributed by atoms with Crippen molar-refractivity contribution in [2.45, 2.75) is 6.54 Å². The third-order valence-corrected chi connectivity index (χ3v) is 3.72. The summed E-state index contributed by atoms with van der Waals surface area (Å²) in [6, 6.07) is 15.0. The second-order valence-electron chi connectivity index (χ2n) is 5.33. The maximum Gasteiger partial charge on any atom is 0.419 e. The van der Waals surface area contributed by atoms with Crippen LogP contribution in [0.15, 0.2) is 62.2 Å². The average Bonchev–Trinajstić information content (AvgIpc) is 3.20. The molecule has 0 saturated heterocycles. The molecule has 7 nitrogen and oxygen atoms in total. The monoisotopic (exact) mass is 322 g/mol. The summed E-state index contributed by atoms with van der Waals surface area (Å²) in [6.45, 7) is 0.386. The molecule has 1 N–H and O–H groups in total. The summed E-state index contributed by atoms with van der Waals surface area (Å²) < 4.78 is 12.2. The first-order valence-electron chi connectivity index (χ1n) is 7.42. The summed E-state index contributed by atoms with van der Waals surface area (Å²) in [5.74, 6) is 0.585. The number of hydrogen-bond donors (Lipinski definition) is 1. The predicted octanol–water partition coefficient (Wildman–Crippen LogP) is 2.79. The van der Waals surface area contributed by atoms with Crippen LogP contribution in [0.4, 0.5) is 5.69 Å². The lowest BCUT2D eigenvalue weighted by Gasteiger charge is -2.03. The first-order chi connectivity index (χ1) is 11.7. The second kappa shape index (κ2) is 5.69. The van der Waals surface area contributed by atoms with E-state index in [1.807, 2.05) is 42.5 Å². The van der Waals surface area contributed by atoms with Gasteiger partial charge < -0.3 is 14.2 Å². The smallest absolute Gasteiger partial charge is 0.419 e. The maximum atomic E-state index is 11.5. The lowest BCUT2D eigenvalue weighted by Crippen LogP contribution is -2.08. The van der Waals surface area contributed by atoms with Crippen molar-refractivity contribution < 1.29 is 8.83 Å². The number of nitrogens with zero attached hydrogens (tertiary/aromatic N) is 3. The number of aromatic nitrogens is 3. The van der Waals surface area contributed by atoms with Crippen LogP contribution < -0.4 is 11.1 Å². The van der Waals surface area contributed by atoms with E-state index >= 15 is 0 Å². The van der Waals surface area contributed by atoms with Crippen LogP contribution in [-0.2, 0) is 13.6 Å². The van der Waals surface area contributed by atoms with Crippen LogP contribution in [-0.4, -0.2) is 14.8 Å². The van der Waals surface area contributed by atoms with Crippen LogP contribution in [0.2, 0.25) is 0 Å². The van der Waals surface area contributed by atoms with Crippen LogP contribution in [0.5, 0.6) is 0 Å². The molecule has 4 aromatic rings. The van der Waals surface area contributed by atoms with E-state index in [0.29, 0.717) is 23.9 Å². The van der Waals surface area contributed by atoms with Crippen LogP contribution >= 0.6 is 0 Å². The van der Waals surface area contributed by atoms with E-state index in [1.165, 1.54) is 4.57 Å². The first kappa shape index (κ1) is 14.3. The Morgan fingerprint density at radius 3 is 2.75 bits per heavy atom. The van der Waals surface area contributed by atoms with E-state index in [1.54, 1.807) is 13.1 Å². The highest BCUT2D eigenvalue weighted by Gasteiger charge is 2.09. The first-order valence-corrected chi connectivity index (χ1v) is 7.42. The molecular weight excluding hydrogens is 308 g/mol. The van der Waals surface area contributed by atoms with Gasteiger partial charge in [-0.1, -0.05) is 18.2 Å². The highest BCUT2D eigenvalue weighted by molar-refractivity contribution is 5.77. The van der Waals surface area contributed by atoms with Gasteiger partial charge in [0.05, 0.1) is 12.1 Å². The van der Waals surface area contributed by atoms with Gasteiger partial charge >= 0.3 is 5.76 Å². The fraction of sp³-hybridized carbons (Fsp3) is 0.118. The highest BCUT2D eigenvalue weighted by Crippen LogP contribution is 2.20. The number of nitrogens with one attached hydrogen (secondary N) is 1. The van der Waals surface area contributed by atoms with E-state index in [4.69, 9.17) is 8.83 Å². The number of benzene rings is 2. The second-order valence-corrected chi connectivity index (χ2v) is 5.33. The van der Waals surface area contributed by atoms with E-state index in [2.05, 4.69) is 15.5 Å². The molecule has 4 rings (SSSR count). The minimum absolute atomic E-state index is 0.383. The highest BCUT2D eigenvalue weighted by atomic mass is 16.4. The van der Waals surface area contributed by atoms with E-state index in [-0.39, 0.29) is 5.76 Å². The molecule has 0 amide bonds. The largest absolute Gasteiger partial charge is 0.419 e. The van der Waals surface area contributed by atoms with Crippen molar-refractivity contribution in [3.8, 4) is 11.5 Å². The molecule has 0 fully saturated rings. The zero-order valence-corrected chi connectivity index (χ0v) is 12.9. The fourth-order valence-corrected chi connectivity index (χ4v) is 2.44. The van der Waals surface area contributed by atoms with Crippen LogP contribution in [0.3, 0.4) is 0 Å². The zero-order valence-electron chi connectivity index (χ0n) is 12.9. The Bertz CT molecular complexity index is 1050. The van der Waals surface area contributed by atoms with Gasteiger partial charge in [0.1, 0.15) is 0 Å². The zero-order chi connectivity index (χ0) is 16.5. The molecule has 24 heavy (non-hydrogen) atoms.